The molecule has 2 aromatic heterocycles. The van der Waals surface area contributed by atoms with Crippen LogP contribution in [0.25, 0.3) is 10.7 Å². The Hall–Kier alpha value is -0.980. The molecule has 0 amide bonds. The Labute approximate surface area is 124 Å². The quantitative estimate of drug-likeness (QED) is 0.499. The first-order chi connectivity index (χ1) is 9.29. The molecule has 0 saturated carbocycles. The summed E-state index contributed by atoms with van der Waals surface area (Å²) in [6, 6.07) is 2.02. The Morgan fingerprint density at radius 2 is 2.05 bits per heavy atom. The maximum Gasteiger partial charge on any atom is 0.173 e. The summed E-state index contributed by atoms with van der Waals surface area (Å²) in [5.74, 6) is 7.18. The average Bonchev–Trinajstić information content (AvgIpc) is 2.71. The van der Waals surface area contributed by atoms with Crippen LogP contribution < -0.4 is 11.3 Å². The minimum absolute atomic E-state index is 0.760. The van der Waals surface area contributed by atoms with E-state index in [1.165, 1.54) is 24.8 Å². The number of hydrazine groups is 1. The van der Waals surface area contributed by atoms with Gasteiger partial charge in [-0.25, -0.2) is 15.8 Å². The van der Waals surface area contributed by atoms with E-state index in [0.717, 1.165) is 39.5 Å². The van der Waals surface area contributed by atoms with Gasteiger partial charge in [-0.3, -0.25) is 0 Å². The lowest BCUT2D eigenvalue weighted by Gasteiger charge is -2.12. The minimum Gasteiger partial charge on any atom is -0.308 e. The van der Waals surface area contributed by atoms with Gasteiger partial charge in [-0.15, -0.1) is 11.3 Å². The molecule has 1 aliphatic rings. The first-order valence-electron chi connectivity index (χ1n) is 6.39. The lowest BCUT2D eigenvalue weighted by Crippen LogP contribution is -2.14. The lowest BCUT2D eigenvalue weighted by molar-refractivity contribution is 0.709. The molecule has 3 N–H and O–H groups in total. The number of halogens is 1. The molecule has 3 rings (SSSR count). The standard InChI is InChI=1S/C13H15BrN4S/c14-9-6-7-19-11(9)13-16-10-5-3-1-2-4-8(10)12(17-13)18-15/h6-7H,1-5,15H2,(H,16,17,18). The zero-order valence-corrected chi connectivity index (χ0v) is 12.9. The second-order valence-electron chi connectivity index (χ2n) is 4.62. The van der Waals surface area contributed by atoms with Gasteiger partial charge in [-0.1, -0.05) is 6.42 Å². The van der Waals surface area contributed by atoms with Crippen molar-refractivity contribution in [3.63, 3.8) is 0 Å². The molecule has 0 radical (unpaired) electrons. The van der Waals surface area contributed by atoms with Crippen LogP contribution in [0.5, 0.6) is 0 Å². The number of fused-ring (bicyclic) bond motifs is 1. The number of hydrogen-bond acceptors (Lipinski definition) is 5. The highest BCUT2D eigenvalue weighted by Gasteiger charge is 2.18. The predicted molar refractivity (Wildman–Crippen MR) is 82.1 cm³/mol. The summed E-state index contributed by atoms with van der Waals surface area (Å²) < 4.78 is 1.04. The maximum atomic E-state index is 5.64. The summed E-state index contributed by atoms with van der Waals surface area (Å²) in [5, 5.41) is 2.03. The smallest absolute Gasteiger partial charge is 0.173 e. The van der Waals surface area contributed by atoms with Gasteiger partial charge in [0, 0.05) is 15.7 Å². The maximum absolute atomic E-state index is 5.64. The normalized spacial score (nSPS) is 14.8. The van der Waals surface area contributed by atoms with E-state index in [4.69, 9.17) is 10.8 Å². The van der Waals surface area contributed by atoms with Gasteiger partial charge >= 0.3 is 0 Å². The summed E-state index contributed by atoms with van der Waals surface area (Å²) in [7, 11) is 0. The molecule has 6 heteroatoms. The molecule has 0 spiro atoms. The third-order valence-corrected chi connectivity index (χ3v) is 5.22. The van der Waals surface area contributed by atoms with Crippen molar-refractivity contribution in [2.45, 2.75) is 32.1 Å². The van der Waals surface area contributed by atoms with Crippen molar-refractivity contribution >= 4 is 33.1 Å². The monoisotopic (exact) mass is 338 g/mol. The Bertz CT molecular complexity index is 596. The van der Waals surface area contributed by atoms with Crippen LogP contribution in [0.15, 0.2) is 15.9 Å². The number of hydrogen-bond donors (Lipinski definition) is 2. The Kier molecular flexibility index (Phi) is 3.81. The number of aromatic nitrogens is 2. The number of nitrogen functional groups attached to an aromatic ring is 1. The lowest BCUT2D eigenvalue weighted by atomic mass is 10.1. The molecule has 0 fully saturated rings. The molecule has 0 bridgehead atoms. The van der Waals surface area contributed by atoms with Gasteiger partial charge in [-0.2, -0.15) is 0 Å². The first-order valence-corrected chi connectivity index (χ1v) is 8.06. The number of thiophene rings is 1. The fourth-order valence-electron chi connectivity index (χ4n) is 2.45. The number of nitrogens with two attached hydrogens (primary N) is 1. The molecule has 19 heavy (non-hydrogen) atoms. The van der Waals surface area contributed by atoms with Gasteiger partial charge in [0.15, 0.2) is 5.82 Å². The van der Waals surface area contributed by atoms with Crippen molar-refractivity contribution in [3.8, 4) is 10.7 Å². The molecule has 4 nitrogen and oxygen atoms in total. The van der Waals surface area contributed by atoms with E-state index < -0.39 is 0 Å². The topological polar surface area (TPSA) is 63.8 Å². The van der Waals surface area contributed by atoms with E-state index in [-0.39, 0.29) is 0 Å². The third kappa shape index (κ3) is 2.52. The van der Waals surface area contributed by atoms with E-state index in [1.807, 2.05) is 11.4 Å². The number of anilines is 1. The van der Waals surface area contributed by atoms with Crippen LogP contribution in [0.1, 0.15) is 30.5 Å². The van der Waals surface area contributed by atoms with E-state index in [2.05, 4.69) is 26.3 Å². The molecule has 100 valence electrons. The fraction of sp³-hybridized carbons (Fsp3) is 0.385. The first kappa shape index (κ1) is 13.0. The number of aryl methyl sites for hydroxylation is 1. The van der Waals surface area contributed by atoms with Crippen LogP contribution >= 0.6 is 27.3 Å². The average molecular weight is 339 g/mol. The molecule has 2 aromatic rings. The Morgan fingerprint density at radius 1 is 1.21 bits per heavy atom. The zero-order chi connectivity index (χ0) is 13.2. The summed E-state index contributed by atoms with van der Waals surface area (Å²) in [6.45, 7) is 0. The SMILES string of the molecule is NNc1nc(-c2sccc2Br)nc2c1CCCCC2. The summed E-state index contributed by atoms with van der Waals surface area (Å²) in [6.07, 6.45) is 5.66. The van der Waals surface area contributed by atoms with Crippen LogP contribution in [0, 0.1) is 0 Å². The van der Waals surface area contributed by atoms with Crippen LogP contribution in [0.2, 0.25) is 0 Å². The molecule has 0 atom stereocenters. The van der Waals surface area contributed by atoms with Crippen molar-refractivity contribution in [1.82, 2.24) is 9.97 Å². The van der Waals surface area contributed by atoms with E-state index in [9.17, 15) is 0 Å². The van der Waals surface area contributed by atoms with Crippen LogP contribution in [-0.4, -0.2) is 9.97 Å². The highest BCUT2D eigenvalue weighted by Crippen LogP contribution is 2.34. The van der Waals surface area contributed by atoms with Gasteiger partial charge < -0.3 is 5.43 Å². The Balaban J connectivity index is 2.13. The van der Waals surface area contributed by atoms with Gasteiger partial charge in [0.2, 0.25) is 0 Å². The second kappa shape index (κ2) is 5.56. The molecular weight excluding hydrogens is 324 g/mol. The van der Waals surface area contributed by atoms with Crippen molar-refractivity contribution < 1.29 is 0 Å². The van der Waals surface area contributed by atoms with E-state index >= 15 is 0 Å². The minimum atomic E-state index is 0.760. The second-order valence-corrected chi connectivity index (χ2v) is 6.39. The molecule has 2 heterocycles. The van der Waals surface area contributed by atoms with E-state index in [1.54, 1.807) is 11.3 Å². The molecule has 0 aromatic carbocycles. The Morgan fingerprint density at radius 3 is 2.79 bits per heavy atom. The van der Waals surface area contributed by atoms with Crippen molar-refractivity contribution in [2.75, 3.05) is 5.43 Å². The largest absolute Gasteiger partial charge is 0.308 e. The summed E-state index contributed by atoms with van der Waals surface area (Å²) >= 11 is 5.18. The van der Waals surface area contributed by atoms with Crippen LogP contribution in [0.4, 0.5) is 5.82 Å². The molecular formula is C13H15BrN4S. The molecule has 1 aliphatic carbocycles. The zero-order valence-electron chi connectivity index (χ0n) is 10.4. The van der Waals surface area contributed by atoms with Gasteiger partial charge in [0.05, 0.1) is 4.88 Å². The fourth-order valence-corrected chi connectivity index (χ4v) is 3.93. The number of nitrogens with one attached hydrogen (secondary N) is 1. The van der Waals surface area contributed by atoms with Gasteiger partial charge in [0.1, 0.15) is 5.82 Å². The van der Waals surface area contributed by atoms with Crippen LogP contribution in [0.3, 0.4) is 0 Å². The highest BCUT2D eigenvalue weighted by molar-refractivity contribution is 9.10. The highest BCUT2D eigenvalue weighted by atomic mass is 79.9. The number of rotatable bonds is 2. The number of nitrogens with zero attached hydrogens (tertiary/aromatic N) is 2. The third-order valence-electron chi connectivity index (χ3n) is 3.39. The van der Waals surface area contributed by atoms with Crippen molar-refractivity contribution in [3.05, 3.63) is 27.2 Å². The van der Waals surface area contributed by atoms with Gasteiger partial charge in [0.25, 0.3) is 0 Å². The van der Waals surface area contributed by atoms with Crippen LogP contribution in [-0.2, 0) is 12.8 Å². The molecule has 0 aliphatic heterocycles. The van der Waals surface area contributed by atoms with Crippen molar-refractivity contribution in [2.24, 2.45) is 5.84 Å². The summed E-state index contributed by atoms with van der Waals surface area (Å²) in [5.41, 5.74) is 5.08. The molecule has 0 unspecified atom stereocenters. The summed E-state index contributed by atoms with van der Waals surface area (Å²) in [4.78, 5) is 10.4. The van der Waals surface area contributed by atoms with Crippen molar-refractivity contribution in [1.29, 1.82) is 0 Å². The molecule has 0 saturated heterocycles. The van der Waals surface area contributed by atoms with Gasteiger partial charge in [-0.05, 0) is 53.1 Å². The predicted octanol–water partition coefficient (Wildman–Crippen LogP) is 3.52. The van der Waals surface area contributed by atoms with E-state index in [0.29, 0.717) is 0 Å².